The van der Waals surface area contributed by atoms with E-state index in [1.54, 1.807) is 13.1 Å². The van der Waals surface area contributed by atoms with E-state index in [0.29, 0.717) is 22.3 Å². The molecule has 0 saturated heterocycles. The van der Waals surface area contributed by atoms with Gasteiger partial charge in [0.05, 0.1) is 24.9 Å². The molecule has 0 atom stereocenters. The van der Waals surface area contributed by atoms with Crippen LogP contribution in [0.4, 0.5) is 13.2 Å². The summed E-state index contributed by atoms with van der Waals surface area (Å²) in [6.07, 6.45) is 0.0841. The zero-order chi connectivity index (χ0) is 17.3. The second-order valence-corrected chi connectivity index (χ2v) is 5.30. The van der Waals surface area contributed by atoms with Gasteiger partial charge in [0, 0.05) is 23.5 Å². The molecular weight excluding hydrogens is 323 g/mol. The number of aliphatic imine (C=N–C) groups is 1. The van der Waals surface area contributed by atoms with E-state index < -0.39 is 17.7 Å². The third-order valence-corrected chi connectivity index (χ3v) is 3.62. The molecule has 1 aromatic carbocycles. The third-order valence-electron chi connectivity index (χ3n) is 3.62. The summed E-state index contributed by atoms with van der Waals surface area (Å²) < 4.78 is 45.4. The summed E-state index contributed by atoms with van der Waals surface area (Å²) >= 11 is 0. The molecule has 1 aliphatic heterocycles. The Morgan fingerprint density at radius 1 is 1.38 bits per heavy atom. The van der Waals surface area contributed by atoms with Crippen LogP contribution in [-0.4, -0.2) is 28.6 Å². The van der Waals surface area contributed by atoms with E-state index in [9.17, 15) is 18.0 Å². The fraction of sp³-hybridized carbons (Fsp3) is 0.312. The highest BCUT2D eigenvalue weighted by molar-refractivity contribution is 5.94. The van der Waals surface area contributed by atoms with Gasteiger partial charge < -0.3 is 4.74 Å². The lowest BCUT2D eigenvalue weighted by molar-refractivity contribution is -0.144. The van der Waals surface area contributed by atoms with Gasteiger partial charge in [-0.25, -0.2) is 0 Å². The Hall–Kier alpha value is -2.64. The number of esters is 1. The molecule has 1 aliphatic rings. The van der Waals surface area contributed by atoms with Crippen LogP contribution in [0.1, 0.15) is 23.6 Å². The Kier molecular flexibility index (Phi) is 4.13. The first-order chi connectivity index (χ1) is 11.4. The molecule has 0 aliphatic carbocycles. The minimum Gasteiger partial charge on any atom is -0.465 e. The van der Waals surface area contributed by atoms with Crippen molar-refractivity contribution in [1.29, 1.82) is 0 Å². The van der Waals surface area contributed by atoms with Gasteiger partial charge in [-0.2, -0.15) is 18.3 Å². The summed E-state index contributed by atoms with van der Waals surface area (Å²) in [5.74, 6) is -0.456. The van der Waals surface area contributed by atoms with E-state index in [-0.39, 0.29) is 19.7 Å². The average molecular weight is 337 g/mol. The highest BCUT2D eigenvalue weighted by Gasteiger charge is 2.32. The monoisotopic (exact) mass is 337 g/mol. The number of fused-ring (bicyclic) bond motifs is 1. The van der Waals surface area contributed by atoms with Crippen LogP contribution in [0.5, 0.6) is 0 Å². The molecule has 24 heavy (non-hydrogen) atoms. The molecule has 0 unspecified atom stereocenters. The standard InChI is InChI=1S/C16H14F3N3O2/c1-2-24-15(23)9-22-8-11(6-21-22)13-4-12(16(17,18)19)3-10-5-20-7-14(10)13/h3-4,6-8H,2,5,9H2,1H3. The summed E-state index contributed by atoms with van der Waals surface area (Å²) in [4.78, 5) is 15.5. The second kappa shape index (κ2) is 6.10. The lowest BCUT2D eigenvalue weighted by Gasteiger charge is -2.12. The van der Waals surface area contributed by atoms with Gasteiger partial charge >= 0.3 is 12.1 Å². The Balaban J connectivity index is 1.97. The molecule has 0 radical (unpaired) electrons. The van der Waals surface area contributed by atoms with Crippen LogP contribution in [0.2, 0.25) is 0 Å². The van der Waals surface area contributed by atoms with Gasteiger partial charge in [0.25, 0.3) is 0 Å². The molecule has 0 fully saturated rings. The summed E-state index contributed by atoms with van der Waals surface area (Å²) in [6, 6.07) is 2.21. The van der Waals surface area contributed by atoms with E-state index in [4.69, 9.17) is 4.74 Å². The Morgan fingerprint density at radius 2 is 2.17 bits per heavy atom. The number of carbonyl (C=O) groups excluding carboxylic acids is 1. The Labute approximate surface area is 135 Å². The van der Waals surface area contributed by atoms with Crippen LogP contribution in [0, 0.1) is 0 Å². The van der Waals surface area contributed by atoms with Crippen LogP contribution >= 0.6 is 0 Å². The molecule has 0 bridgehead atoms. The van der Waals surface area contributed by atoms with E-state index in [1.165, 1.54) is 17.1 Å². The van der Waals surface area contributed by atoms with Gasteiger partial charge in [-0.1, -0.05) is 0 Å². The van der Waals surface area contributed by atoms with Crippen molar-refractivity contribution < 1.29 is 22.7 Å². The number of halogens is 3. The lowest BCUT2D eigenvalue weighted by atomic mass is 9.96. The van der Waals surface area contributed by atoms with E-state index in [0.717, 1.165) is 12.1 Å². The van der Waals surface area contributed by atoms with Crippen molar-refractivity contribution in [1.82, 2.24) is 9.78 Å². The summed E-state index contributed by atoms with van der Waals surface area (Å²) in [5, 5.41) is 4.02. The molecule has 2 aromatic rings. The second-order valence-electron chi connectivity index (χ2n) is 5.30. The number of ether oxygens (including phenoxy) is 1. The number of hydrogen-bond acceptors (Lipinski definition) is 4. The van der Waals surface area contributed by atoms with Gasteiger partial charge in [-0.15, -0.1) is 0 Å². The van der Waals surface area contributed by atoms with Crippen LogP contribution in [-0.2, 0) is 28.8 Å². The largest absolute Gasteiger partial charge is 0.465 e. The van der Waals surface area contributed by atoms with E-state index >= 15 is 0 Å². The molecule has 1 aromatic heterocycles. The molecule has 0 N–H and O–H groups in total. The summed E-state index contributed by atoms with van der Waals surface area (Å²) in [6.45, 7) is 2.08. The number of carbonyl (C=O) groups is 1. The Bertz CT molecular complexity index is 809. The minimum atomic E-state index is -4.44. The molecule has 8 heteroatoms. The number of benzene rings is 1. The zero-order valence-electron chi connectivity index (χ0n) is 12.8. The maximum Gasteiger partial charge on any atom is 0.416 e. The van der Waals surface area contributed by atoms with Crippen molar-refractivity contribution in [3.8, 4) is 11.1 Å². The maximum atomic E-state index is 13.1. The predicted molar refractivity (Wildman–Crippen MR) is 80.6 cm³/mol. The zero-order valence-corrected chi connectivity index (χ0v) is 12.8. The van der Waals surface area contributed by atoms with Gasteiger partial charge in [0.1, 0.15) is 6.54 Å². The van der Waals surface area contributed by atoms with Crippen LogP contribution in [0.25, 0.3) is 11.1 Å². The molecular formula is C16H14F3N3O2. The predicted octanol–water partition coefficient (Wildman–Crippen LogP) is 3.06. The van der Waals surface area contributed by atoms with Gasteiger partial charge in [-0.3, -0.25) is 14.5 Å². The first-order valence-corrected chi connectivity index (χ1v) is 7.31. The lowest BCUT2D eigenvalue weighted by Crippen LogP contribution is -2.13. The topological polar surface area (TPSA) is 56.5 Å². The van der Waals surface area contributed by atoms with Gasteiger partial charge in [0.2, 0.25) is 0 Å². The molecule has 126 valence electrons. The van der Waals surface area contributed by atoms with Crippen LogP contribution < -0.4 is 0 Å². The molecule has 3 rings (SSSR count). The number of aromatic nitrogens is 2. The van der Waals surface area contributed by atoms with Crippen molar-refractivity contribution in [2.24, 2.45) is 4.99 Å². The highest BCUT2D eigenvalue weighted by Crippen LogP contribution is 2.36. The van der Waals surface area contributed by atoms with Gasteiger partial charge in [-0.05, 0) is 30.2 Å². The van der Waals surface area contributed by atoms with Crippen molar-refractivity contribution in [3.63, 3.8) is 0 Å². The molecule has 2 heterocycles. The van der Waals surface area contributed by atoms with Crippen molar-refractivity contribution in [2.45, 2.75) is 26.2 Å². The van der Waals surface area contributed by atoms with Crippen LogP contribution in [0.15, 0.2) is 29.5 Å². The normalized spacial score (nSPS) is 13.2. The van der Waals surface area contributed by atoms with Crippen molar-refractivity contribution >= 4 is 12.2 Å². The van der Waals surface area contributed by atoms with Crippen LogP contribution in [0.3, 0.4) is 0 Å². The smallest absolute Gasteiger partial charge is 0.416 e. The Morgan fingerprint density at radius 3 is 2.88 bits per heavy atom. The molecule has 5 nitrogen and oxygen atoms in total. The molecule has 0 amide bonds. The van der Waals surface area contributed by atoms with Crippen molar-refractivity contribution in [2.75, 3.05) is 6.61 Å². The first kappa shape index (κ1) is 16.2. The average Bonchev–Trinajstić information content (AvgIpc) is 3.14. The third kappa shape index (κ3) is 3.17. The summed E-state index contributed by atoms with van der Waals surface area (Å²) in [5.41, 5.74) is 1.35. The number of nitrogens with zero attached hydrogens (tertiary/aromatic N) is 3. The number of alkyl halides is 3. The molecule has 0 spiro atoms. The van der Waals surface area contributed by atoms with Crippen molar-refractivity contribution in [3.05, 3.63) is 41.2 Å². The summed E-state index contributed by atoms with van der Waals surface area (Å²) in [7, 11) is 0. The number of hydrogen-bond donors (Lipinski definition) is 0. The SMILES string of the molecule is CCOC(=O)Cn1cc(-c2cc(C(F)(F)F)cc3c2C=NC3)cn1. The maximum absolute atomic E-state index is 13.1. The quantitative estimate of drug-likeness (QED) is 0.806. The minimum absolute atomic E-state index is 0.0942. The fourth-order valence-electron chi connectivity index (χ4n) is 2.56. The first-order valence-electron chi connectivity index (χ1n) is 7.31. The van der Waals surface area contributed by atoms with E-state index in [1.807, 2.05) is 0 Å². The van der Waals surface area contributed by atoms with Gasteiger partial charge in [0.15, 0.2) is 0 Å². The van der Waals surface area contributed by atoms with E-state index in [2.05, 4.69) is 10.1 Å². The fourth-order valence-corrected chi connectivity index (χ4v) is 2.56. The highest BCUT2D eigenvalue weighted by atomic mass is 19.4. The molecule has 0 saturated carbocycles. The number of rotatable bonds is 4.